The summed E-state index contributed by atoms with van der Waals surface area (Å²) in [4.78, 5) is 16.1. The maximum Gasteiger partial charge on any atom is 0.254 e. The third-order valence-electron chi connectivity index (χ3n) is 4.03. The normalized spacial score (nSPS) is 27.8. The second kappa shape index (κ2) is 5.70. The van der Waals surface area contributed by atoms with Crippen molar-refractivity contribution in [1.82, 2.24) is 10.3 Å². The SMILES string of the molecule is CC1CCCC(NC(=O)c2cccnc2Cl)C1C. The molecule has 0 radical (unpaired) electrons. The van der Waals surface area contributed by atoms with Crippen LogP contribution in [0.2, 0.25) is 5.15 Å². The zero-order valence-electron chi connectivity index (χ0n) is 10.8. The summed E-state index contributed by atoms with van der Waals surface area (Å²) in [6.45, 7) is 4.46. The summed E-state index contributed by atoms with van der Waals surface area (Å²) in [5, 5.41) is 3.36. The number of carbonyl (C=O) groups is 1. The molecule has 18 heavy (non-hydrogen) atoms. The van der Waals surface area contributed by atoms with Gasteiger partial charge in [0.2, 0.25) is 0 Å². The maximum atomic E-state index is 12.2. The lowest BCUT2D eigenvalue weighted by Gasteiger charge is -2.34. The lowest BCUT2D eigenvalue weighted by molar-refractivity contribution is 0.0891. The van der Waals surface area contributed by atoms with Crippen molar-refractivity contribution in [2.75, 3.05) is 0 Å². The van der Waals surface area contributed by atoms with Gasteiger partial charge >= 0.3 is 0 Å². The van der Waals surface area contributed by atoms with Crippen LogP contribution in [0.1, 0.15) is 43.5 Å². The number of hydrogen-bond donors (Lipinski definition) is 1. The molecule has 1 N–H and O–H groups in total. The first kappa shape index (κ1) is 13.3. The molecule has 1 aromatic heterocycles. The monoisotopic (exact) mass is 266 g/mol. The van der Waals surface area contributed by atoms with Gasteiger partial charge in [-0.25, -0.2) is 4.98 Å². The van der Waals surface area contributed by atoms with E-state index < -0.39 is 0 Å². The van der Waals surface area contributed by atoms with Crippen molar-refractivity contribution >= 4 is 17.5 Å². The van der Waals surface area contributed by atoms with Gasteiger partial charge in [0.1, 0.15) is 5.15 Å². The largest absolute Gasteiger partial charge is 0.349 e. The number of nitrogens with one attached hydrogen (secondary N) is 1. The highest BCUT2D eigenvalue weighted by atomic mass is 35.5. The number of hydrogen-bond acceptors (Lipinski definition) is 2. The molecule has 1 amide bonds. The van der Waals surface area contributed by atoms with Gasteiger partial charge < -0.3 is 5.32 Å². The summed E-state index contributed by atoms with van der Waals surface area (Å²) in [6, 6.07) is 3.69. The third-order valence-corrected chi connectivity index (χ3v) is 4.33. The van der Waals surface area contributed by atoms with E-state index in [1.807, 2.05) is 0 Å². The van der Waals surface area contributed by atoms with E-state index in [9.17, 15) is 4.79 Å². The Bertz CT molecular complexity index is 436. The highest BCUT2D eigenvalue weighted by Gasteiger charge is 2.28. The lowest BCUT2D eigenvalue weighted by atomic mass is 9.78. The molecule has 1 aliphatic rings. The molecule has 1 saturated carbocycles. The molecule has 0 aliphatic heterocycles. The first-order valence-corrected chi connectivity index (χ1v) is 6.88. The third kappa shape index (κ3) is 2.83. The molecule has 3 atom stereocenters. The average molecular weight is 267 g/mol. The quantitative estimate of drug-likeness (QED) is 0.835. The molecule has 1 fully saturated rings. The highest BCUT2D eigenvalue weighted by molar-refractivity contribution is 6.32. The molecule has 0 aromatic carbocycles. The van der Waals surface area contributed by atoms with Crippen molar-refractivity contribution in [3.8, 4) is 0 Å². The summed E-state index contributed by atoms with van der Waals surface area (Å²) in [6.07, 6.45) is 5.07. The molecule has 0 saturated heterocycles. The summed E-state index contributed by atoms with van der Waals surface area (Å²) in [7, 11) is 0. The van der Waals surface area contributed by atoms with Crippen molar-refractivity contribution in [1.29, 1.82) is 0 Å². The van der Waals surface area contributed by atoms with Crippen LogP contribution in [0.4, 0.5) is 0 Å². The van der Waals surface area contributed by atoms with Gasteiger partial charge in [0.15, 0.2) is 0 Å². The average Bonchev–Trinajstić information content (AvgIpc) is 2.35. The minimum absolute atomic E-state index is 0.112. The van der Waals surface area contributed by atoms with Gasteiger partial charge in [-0.2, -0.15) is 0 Å². The molecule has 1 aromatic rings. The van der Waals surface area contributed by atoms with E-state index in [4.69, 9.17) is 11.6 Å². The Morgan fingerprint density at radius 1 is 1.44 bits per heavy atom. The van der Waals surface area contributed by atoms with Gasteiger partial charge in [0.25, 0.3) is 5.91 Å². The summed E-state index contributed by atoms with van der Waals surface area (Å²) in [5.74, 6) is 1.06. The molecule has 98 valence electrons. The lowest BCUT2D eigenvalue weighted by Crippen LogP contribution is -2.43. The first-order chi connectivity index (χ1) is 8.59. The number of amides is 1. The molecule has 2 rings (SSSR count). The van der Waals surface area contributed by atoms with Crippen LogP contribution in [0.15, 0.2) is 18.3 Å². The van der Waals surface area contributed by atoms with Crippen LogP contribution in [0.5, 0.6) is 0 Å². The number of halogens is 1. The molecule has 1 aliphatic carbocycles. The van der Waals surface area contributed by atoms with Crippen LogP contribution in [0, 0.1) is 11.8 Å². The van der Waals surface area contributed by atoms with Gasteiger partial charge in [-0.3, -0.25) is 4.79 Å². The van der Waals surface area contributed by atoms with Crippen molar-refractivity contribution in [3.63, 3.8) is 0 Å². The zero-order chi connectivity index (χ0) is 13.1. The van der Waals surface area contributed by atoms with Crippen LogP contribution in [-0.2, 0) is 0 Å². The van der Waals surface area contributed by atoms with Gasteiger partial charge in [-0.05, 0) is 30.4 Å². The Morgan fingerprint density at radius 2 is 2.22 bits per heavy atom. The zero-order valence-corrected chi connectivity index (χ0v) is 11.6. The van der Waals surface area contributed by atoms with Crippen molar-refractivity contribution in [3.05, 3.63) is 29.0 Å². The van der Waals surface area contributed by atoms with Gasteiger partial charge in [-0.15, -0.1) is 0 Å². The number of pyridine rings is 1. The van der Waals surface area contributed by atoms with Gasteiger partial charge in [-0.1, -0.05) is 38.3 Å². The second-order valence-electron chi connectivity index (χ2n) is 5.19. The second-order valence-corrected chi connectivity index (χ2v) is 5.55. The minimum atomic E-state index is -0.112. The van der Waals surface area contributed by atoms with Crippen molar-refractivity contribution < 1.29 is 4.79 Å². The van der Waals surface area contributed by atoms with E-state index >= 15 is 0 Å². The van der Waals surface area contributed by atoms with Crippen LogP contribution in [0.25, 0.3) is 0 Å². The van der Waals surface area contributed by atoms with E-state index in [0.29, 0.717) is 17.4 Å². The summed E-state index contributed by atoms with van der Waals surface area (Å²) in [5.41, 5.74) is 0.463. The highest BCUT2D eigenvalue weighted by Crippen LogP contribution is 2.29. The van der Waals surface area contributed by atoms with Crippen LogP contribution < -0.4 is 5.32 Å². The minimum Gasteiger partial charge on any atom is -0.349 e. The molecule has 1 heterocycles. The molecular weight excluding hydrogens is 248 g/mol. The number of nitrogens with zero attached hydrogens (tertiary/aromatic N) is 1. The van der Waals surface area contributed by atoms with E-state index in [1.54, 1.807) is 18.3 Å². The van der Waals surface area contributed by atoms with Crippen molar-refractivity contribution in [2.24, 2.45) is 11.8 Å². The molecule has 0 bridgehead atoms. The molecular formula is C14H19ClN2O. The summed E-state index contributed by atoms with van der Waals surface area (Å²) >= 11 is 5.93. The van der Waals surface area contributed by atoms with Gasteiger partial charge in [0, 0.05) is 12.2 Å². The predicted molar refractivity (Wildman–Crippen MR) is 72.7 cm³/mol. The topological polar surface area (TPSA) is 42.0 Å². The summed E-state index contributed by atoms with van der Waals surface area (Å²) < 4.78 is 0. The molecule has 3 unspecified atom stereocenters. The fourth-order valence-electron chi connectivity index (χ4n) is 2.59. The Balaban J connectivity index is 2.05. The first-order valence-electron chi connectivity index (χ1n) is 6.51. The van der Waals surface area contributed by atoms with Crippen LogP contribution in [-0.4, -0.2) is 16.9 Å². The fourth-order valence-corrected chi connectivity index (χ4v) is 2.79. The Morgan fingerprint density at radius 3 is 2.94 bits per heavy atom. The van der Waals surface area contributed by atoms with E-state index in [0.717, 1.165) is 6.42 Å². The van der Waals surface area contributed by atoms with E-state index in [1.165, 1.54) is 12.8 Å². The number of aromatic nitrogens is 1. The fraction of sp³-hybridized carbons (Fsp3) is 0.571. The number of carbonyl (C=O) groups excluding carboxylic acids is 1. The molecule has 4 heteroatoms. The van der Waals surface area contributed by atoms with Crippen molar-refractivity contribution in [2.45, 2.75) is 39.2 Å². The smallest absolute Gasteiger partial charge is 0.254 e. The van der Waals surface area contributed by atoms with Gasteiger partial charge in [0.05, 0.1) is 5.56 Å². The van der Waals surface area contributed by atoms with Crippen LogP contribution >= 0.6 is 11.6 Å². The van der Waals surface area contributed by atoms with E-state index in [2.05, 4.69) is 24.1 Å². The predicted octanol–water partition coefficient (Wildman–Crippen LogP) is 3.29. The number of rotatable bonds is 2. The Hall–Kier alpha value is -1.09. The van der Waals surface area contributed by atoms with Crippen LogP contribution in [0.3, 0.4) is 0 Å². The Labute approximate surface area is 113 Å². The van der Waals surface area contributed by atoms with E-state index in [-0.39, 0.29) is 17.1 Å². The molecule has 3 nitrogen and oxygen atoms in total. The maximum absolute atomic E-state index is 12.2. The Kier molecular flexibility index (Phi) is 4.23. The standard InChI is InChI=1S/C14H19ClN2O/c1-9-5-3-7-12(10(9)2)17-14(18)11-6-4-8-16-13(11)15/h4,6,8-10,12H,3,5,7H2,1-2H3,(H,17,18). The molecule has 0 spiro atoms.